The van der Waals surface area contributed by atoms with Gasteiger partial charge in [-0.1, -0.05) is 17.7 Å². The fourth-order valence-electron chi connectivity index (χ4n) is 1.43. The molecule has 0 amide bonds. The van der Waals surface area contributed by atoms with Gasteiger partial charge in [0.25, 0.3) is 0 Å². The summed E-state index contributed by atoms with van der Waals surface area (Å²) >= 11 is 10.6. The third-order valence-electron chi connectivity index (χ3n) is 2.31. The molecule has 0 spiro atoms. The van der Waals surface area contributed by atoms with Crippen LogP contribution in [0.15, 0.2) is 39.1 Å². The molecule has 2 heterocycles. The average molecular weight is 382 g/mol. The maximum atomic E-state index is 12.1. The van der Waals surface area contributed by atoms with Crippen molar-refractivity contribution in [1.82, 2.24) is 9.71 Å². The molecule has 0 saturated heterocycles. The Morgan fingerprint density at radius 3 is 2.95 bits per heavy atom. The van der Waals surface area contributed by atoms with Gasteiger partial charge in [0.2, 0.25) is 10.0 Å². The summed E-state index contributed by atoms with van der Waals surface area (Å²) < 4.78 is 27.2. The second kappa shape index (κ2) is 6.32. The number of nitrogens with one attached hydrogen (secondary N) is 1. The molecule has 0 radical (unpaired) electrons. The highest BCUT2D eigenvalue weighted by Crippen LogP contribution is 2.22. The number of thiophene rings is 1. The maximum Gasteiger partial charge on any atom is 0.243 e. The van der Waals surface area contributed by atoms with Gasteiger partial charge >= 0.3 is 0 Å². The van der Waals surface area contributed by atoms with Gasteiger partial charge in [0, 0.05) is 22.1 Å². The van der Waals surface area contributed by atoms with Gasteiger partial charge in [-0.25, -0.2) is 18.1 Å². The van der Waals surface area contributed by atoms with Crippen molar-refractivity contribution in [3.63, 3.8) is 0 Å². The first-order valence-corrected chi connectivity index (χ1v) is 8.85. The Hall–Kier alpha value is -0.470. The number of nitrogens with zero attached hydrogens (tertiary/aromatic N) is 1. The number of hydrogen-bond donors (Lipinski definition) is 1. The zero-order chi connectivity index (χ0) is 13.9. The van der Waals surface area contributed by atoms with Crippen LogP contribution in [0.5, 0.6) is 0 Å². The number of rotatable bonds is 5. The van der Waals surface area contributed by atoms with Gasteiger partial charge in [-0.2, -0.15) is 0 Å². The Morgan fingerprint density at radius 1 is 1.47 bits per heavy atom. The van der Waals surface area contributed by atoms with Gasteiger partial charge in [-0.05, 0) is 39.9 Å². The molecule has 0 atom stereocenters. The van der Waals surface area contributed by atoms with Crippen molar-refractivity contribution in [1.29, 1.82) is 0 Å². The molecule has 2 rings (SSSR count). The lowest BCUT2D eigenvalue weighted by Gasteiger charge is -2.07. The van der Waals surface area contributed by atoms with Crippen molar-refractivity contribution in [3.8, 4) is 0 Å². The van der Waals surface area contributed by atoms with Crippen LogP contribution in [0.25, 0.3) is 0 Å². The van der Waals surface area contributed by atoms with Crippen molar-refractivity contribution >= 4 is 48.9 Å². The molecule has 0 aliphatic carbocycles. The molecule has 0 unspecified atom stereocenters. The van der Waals surface area contributed by atoms with E-state index in [1.54, 1.807) is 11.3 Å². The predicted molar refractivity (Wildman–Crippen MR) is 80.2 cm³/mol. The summed E-state index contributed by atoms with van der Waals surface area (Å²) in [5.74, 6) is 0. The molecular weight excluding hydrogens is 372 g/mol. The predicted octanol–water partition coefficient (Wildman–Crippen LogP) is 3.08. The number of hydrogen-bond acceptors (Lipinski definition) is 4. The summed E-state index contributed by atoms with van der Waals surface area (Å²) in [5.41, 5.74) is 0. The zero-order valence-electron chi connectivity index (χ0n) is 9.64. The number of pyridine rings is 1. The van der Waals surface area contributed by atoms with E-state index in [4.69, 9.17) is 11.6 Å². The first-order valence-electron chi connectivity index (χ1n) is 5.32. The average Bonchev–Trinajstić information content (AvgIpc) is 2.85. The summed E-state index contributed by atoms with van der Waals surface area (Å²) in [6.45, 7) is 0.325. The van der Waals surface area contributed by atoms with E-state index in [1.165, 1.54) is 12.3 Å². The van der Waals surface area contributed by atoms with Gasteiger partial charge in [0.1, 0.15) is 10.0 Å². The Labute approximate surface area is 129 Å². The summed E-state index contributed by atoms with van der Waals surface area (Å²) in [7, 11) is -3.64. The molecule has 0 aliphatic rings. The number of sulfonamides is 1. The van der Waals surface area contributed by atoms with Crippen LogP contribution < -0.4 is 4.72 Å². The highest BCUT2D eigenvalue weighted by atomic mass is 79.9. The fraction of sp³-hybridized carbons (Fsp3) is 0.182. The largest absolute Gasteiger partial charge is 0.243 e. The van der Waals surface area contributed by atoms with Gasteiger partial charge in [-0.3, -0.25) is 0 Å². The van der Waals surface area contributed by atoms with Gasteiger partial charge in [-0.15, -0.1) is 11.3 Å². The normalized spacial score (nSPS) is 11.7. The van der Waals surface area contributed by atoms with Crippen LogP contribution in [0.2, 0.25) is 5.15 Å². The lowest BCUT2D eigenvalue weighted by atomic mass is 10.3. The highest BCUT2D eigenvalue weighted by Gasteiger charge is 2.18. The molecule has 2 aromatic rings. The van der Waals surface area contributed by atoms with Crippen LogP contribution in [0.1, 0.15) is 4.88 Å². The molecule has 0 bridgehead atoms. The molecule has 0 aliphatic heterocycles. The zero-order valence-corrected chi connectivity index (χ0v) is 13.6. The van der Waals surface area contributed by atoms with E-state index in [-0.39, 0.29) is 10.0 Å². The monoisotopic (exact) mass is 380 g/mol. The highest BCUT2D eigenvalue weighted by molar-refractivity contribution is 9.10. The van der Waals surface area contributed by atoms with Crippen molar-refractivity contribution in [2.24, 2.45) is 0 Å². The summed E-state index contributed by atoms with van der Waals surface area (Å²) in [4.78, 5) is 4.91. The van der Waals surface area contributed by atoms with Crippen molar-refractivity contribution in [3.05, 3.63) is 44.3 Å². The standard InChI is InChI=1S/C11H10BrClN2O2S2/c12-8-6-10(11(13)14-7-8)19(16,17)15-4-3-9-2-1-5-18-9/h1-2,5-7,15H,3-4H2. The molecule has 2 aromatic heterocycles. The molecule has 0 fully saturated rings. The molecule has 8 heteroatoms. The first-order chi connectivity index (χ1) is 8.99. The first kappa shape index (κ1) is 14.9. The molecule has 4 nitrogen and oxygen atoms in total. The topological polar surface area (TPSA) is 59.1 Å². The van der Waals surface area contributed by atoms with Crippen molar-refractivity contribution in [2.75, 3.05) is 6.54 Å². The van der Waals surface area contributed by atoms with E-state index in [0.29, 0.717) is 17.4 Å². The smallest absolute Gasteiger partial charge is 0.242 e. The summed E-state index contributed by atoms with van der Waals surface area (Å²) in [5, 5.41) is 1.92. The van der Waals surface area contributed by atoms with Crippen LogP contribution in [-0.2, 0) is 16.4 Å². The van der Waals surface area contributed by atoms with Gasteiger partial charge < -0.3 is 0 Å². The van der Waals surface area contributed by atoms with Crippen molar-refractivity contribution < 1.29 is 8.42 Å². The van der Waals surface area contributed by atoms with Gasteiger partial charge in [0.15, 0.2) is 0 Å². The minimum Gasteiger partial charge on any atom is -0.242 e. The molecular formula is C11H10BrClN2O2S2. The molecule has 0 aromatic carbocycles. The maximum absolute atomic E-state index is 12.1. The molecule has 102 valence electrons. The minimum absolute atomic E-state index is 0.0188. The summed E-state index contributed by atoms with van der Waals surface area (Å²) in [6, 6.07) is 5.33. The van der Waals surface area contributed by atoms with Gasteiger partial charge in [0.05, 0.1) is 0 Å². The Bertz CT molecular complexity index is 659. The number of aromatic nitrogens is 1. The van der Waals surface area contributed by atoms with Crippen LogP contribution >= 0.6 is 38.9 Å². The van der Waals surface area contributed by atoms with E-state index < -0.39 is 10.0 Å². The van der Waals surface area contributed by atoms with E-state index in [2.05, 4.69) is 25.6 Å². The Kier molecular flexibility index (Phi) is 4.97. The Morgan fingerprint density at radius 2 is 2.26 bits per heavy atom. The quantitative estimate of drug-likeness (QED) is 0.810. The van der Waals surface area contributed by atoms with Crippen LogP contribution in [0, 0.1) is 0 Å². The molecule has 0 saturated carbocycles. The lowest BCUT2D eigenvalue weighted by Crippen LogP contribution is -2.26. The molecule has 19 heavy (non-hydrogen) atoms. The van der Waals surface area contributed by atoms with Crippen LogP contribution in [0.3, 0.4) is 0 Å². The number of halogens is 2. The molecule has 1 N–H and O–H groups in total. The van der Waals surface area contributed by atoms with Crippen LogP contribution in [-0.4, -0.2) is 19.9 Å². The third-order valence-corrected chi connectivity index (χ3v) is 5.56. The van der Waals surface area contributed by atoms with E-state index >= 15 is 0 Å². The van der Waals surface area contributed by atoms with Crippen molar-refractivity contribution in [2.45, 2.75) is 11.3 Å². The second-order valence-corrected chi connectivity index (χ2v) is 7.71. The van der Waals surface area contributed by atoms with E-state index in [0.717, 1.165) is 4.88 Å². The third kappa shape index (κ3) is 4.00. The Balaban J connectivity index is 2.07. The van der Waals surface area contributed by atoms with E-state index in [9.17, 15) is 8.42 Å². The lowest BCUT2D eigenvalue weighted by molar-refractivity contribution is 0.581. The van der Waals surface area contributed by atoms with Crippen LogP contribution in [0.4, 0.5) is 0 Å². The fourth-order valence-corrected chi connectivity index (χ4v) is 4.12. The second-order valence-electron chi connectivity index (χ2n) is 3.67. The summed E-state index contributed by atoms with van der Waals surface area (Å²) in [6.07, 6.45) is 2.10. The van der Waals surface area contributed by atoms with E-state index in [1.807, 2.05) is 17.5 Å². The SMILES string of the molecule is O=S(=O)(NCCc1cccs1)c1cc(Br)cnc1Cl. The minimum atomic E-state index is -3.64.